The first-order valence-corrected chi connectivity index (χ1v) is 10.4. The Morgan fingerprint density at radius 1 is 1.09 bits per heavy atom. The molecular formula is C23H26N2O7. The van der Waals surface area contributed by atoms with Crippen molar-refractivity contribution in [3.63, 3.8) is 0 Å². The lowest BCUT2D eigenvalue weighted by Gasteiger charge is -2.28. The van der Waals surface area contributed by atoms with E-state index in [1.54, 1.807) is 42.5 Å². The lowest BCUT2D eigenvalue weighted by molar-refractivity contribution is -0.147. The summed E-state index contributed by atoms with van der Waals surface area (Å²) in [6.07, 6.45) is -0.0582. The van der Waals surface area contributed by atoms with Crippen LogP contribution in [-0.2, 0) is 19.1 Å². The van der Waals surface area contributed by atoms with Crippen molar-refractivity contribution in [2.75, 3.05) is 43.2 Å². The minimum Gasteiger partial charge on any atom is -0.494 e. The van der Waals surface area contributed by atoms with Crippen LogP contribution in [-0.4, -0.2) is 50.8 Å². The van der Waals surface area contributed by atoms with Gasteiger partial charge < -0.3 is 29.2 Å². The molecule has 9 nitrogen and oxygen atoms in total. The van der Waals surface area contributed by atoms with Gasteiger partial charge in [0.25, 0.3) is 11.8 Å². The van der Waals surface area contributed by atoms with Crippen LogP contribution in [0, 0.1) is 0 Å². The molecule has 1 aliphatic heterocycles. The Hall–Kier alpha value is -3.75. The van der Waals surface area contributed by atoms with Crippen molar-refractivity contribution in [1.82, 2.24) is 0 Å². The minimum absolute atomic E-state index is 0.0582. The molecule has 1 heterocycles. The number of nitrogens with zero attached hydrogens (tertiary/aromatic N) is 1. The molecule has 3 rings (SSSR count). The summed E-state index contributed by atoms with van der Waals surface area (Å²) in [5.41, 5.74) is 1.03. The maximum atomic E-state index is 12.3. The first-order valence-electron chi connectivity index (χ1n) is 10.4. The lowest BCUT2D eigenvalue weighted by Crippen LogP contribution is -2.40. The van der Waals surface area contributed by atoms with Gasteiger partial charge >= 0.3 is 5.97 Å². The average molecular weight is 442 g/mol. The molecule has 170 valence electrons. The number of ether oxygens (including phenoxy) is 4. The molecule has 0 atom stereocenters. The van der Waals surface area contributed by atoms with Crippen molar-refractivity contribution in [3.8, 4) is 17.2 Å². The van der Waals surface area contributed by atoms with Gasteiger partial charge in [-0.05, 0) is 38.1 Å². The molecule has 0 fully saturated rings. The molecule has 0 saturated heterocycles. The Kier molecular flexibility index (Phi) is 7.91. The smallest absolute Gasteiger partial charge is 0.308 e. The third-order valence-corrected chi connectivity index (χ3v) is 4.55. The van der Waals surface area contributed by atoms with Crippen molar-refractivity contribution in [3.05, 3.63) is 42.5 Å². The topological polar surface area (TPSA) is 103 Å². The van der Waals surface area contributed by atoms with Gasteiger partial charge in [0.15, 0.2) is 13.2 Å². The number of benzene rings is 2. The Labute approximate surface area is 186 Å². The molecule has 1 aliphatic rings. The molecule has 1 N–H and O–H groups in total. The van der Waals surface area contributed by atoms with Gasteiger partial charge in [0.1, 0.15) is 17.2 Å². The molecule has 0 saturated carbocycles. The Bertz CT molecular complexity index is 977. The summed E-state index contributed by atoms with van der Waals surface area (Å²) >= 11 is 0. The van der Waals surface area contributed by atoms with Crippen LogP contribution in [0.15, 0.2) is 42.5 Å². The van der Waals surface area contributed by atoms with E-state index in [1.165, 1.54) is 4.90 Å². The number of hydrogen-bond donors (Lipinski definition) is 1. The zero-order chi connectivity index (χ0) is 22.9. The molecule has 0 radical (unpaired) electrons. The monoisotopic (exact) mass is 442 g/mol. The van der Waals surface area contributed by atoms with Crippen molar-refractivity contribution < 1.29 is 33.3 Å². The second-order valence-corrected chi connectivity index (χ2v) is 6.78. The Morgan fingerprint density at radius 3 is 2.66 bits per heavy atom. The molecule has 2 amide bonds. The highest BCUT2D eigenvalue weighted by atomic mass is 16.5. The zero-order valence-corrected chi connectivity index (χ0v) is 18.1. The van der Waals surface area contributed by atoms with Gasteiger partial charge in [-0.3, -0.25) is 14.4 Å². The molecule has 0 spiro atoms. The molecule has 0 unspecified atom stereocenters. The molecule has 2 aromatic carbocycles. The van der Waals surface area contributed by atoms with Crippen molar-refractivity contribution in [2.45, 2.75) is 20.3 Å². The van der Waals surface area contributed by atoms with Crippen LogP contribution in [0.3, 0.4) is 0 Å². The van der Waals surface area contributed by atoms with Crippen LogP contribution in [0.2, 0.25) is 0 Å². The fourth-order valence-electron chi connectivity index (χ4n) is 3.15. The summed E-state index contributed by atoms with van der Waals surface area (Å²) in [5, 5.41) is 2.67. The summed E-state index contributed by atoms with van der Waals surface area (Å²) in [7, 11) is 0. The summed E-state index contributed by atoms with van der Waals surface area (Å²) in [5.74, 6) is 0.302. The molecule has 9 heteroatoms. The molecule has 2 aromatic rings. The zero-order valence-electron chi connectivity index (χ0n) is 18.1. The fourth-order valence-corrected chi connectivity index (χ4v) is 3.15. The minimum atomic E-state index is -0.593. The number of nitrogens with one attached hydrogen (secondary N) is 1. The van der Waals surface area contributed by atoms with Gasteiger partial charge in [0, 0.05) is 12.6 Å². The molecule has 0 aromatic heterocycles. The van der Waals surface area contributed by atoms with E-state index in [4.69, 9.17) is 18.9 Å². The highest BCUT2D eigenvalue weighted by Gasteiger charge is 2.25. The average Bonchev–Trinajstić information content (AvgIpc) is 2.79. The SMILES string of the molecule is CCOc1ccc(OCC)c(NC(=O)COC(=O)CCN2C(=O)COc3ccccc32)c1. The second-order valence-electron chi connectivity index (χ2n) is 6.78. The largest absolute Gasteiger partial charge is 0.494 e. The Balaban J connectivity index is 1.52. The van der Waals surface area contributed by atoms with Crippen molar-refractivity contribution >= 4 is 29.2 Å². The number of esters is 1. The van der Waals surface area contributed by atoms with E-state index in [0.717, 1.165) is 0 Å². The summed E-state index contributed by atoms with van der Waals surface area (Å²) in [6, 6.07) is 12.2. The van der Waals surface area contributed by atoms with Gasteiger partial charge in [-0.2, -0.15) is 0 Å². The summed E-state index contributed by atoms with van der Waals surface area (Å²) in [4.78, 5) is 38.1. The molecule has 0 bridgehead atoms. The lowest BCUT2D eigenvalue weighted by atomic mass is 10.2. The first-order chi connectivity index (χ1) is 15.5. The standard InChI is InChI=1S/C23H26N2O7/c1-3-29-16-9-10-19(30-4-2)17(13-16)24-21(26)14-32-23(28)11-12-25-18-7-5-6-8-20(18)31-15-22(25)27/h5-10,13H,3-4,11-12,14-15H2,1-2H3,(H,24,26). The van der Waals surface area contributed by atoms with E-state index in [0.29, 0.717) is 41.8 Å². The van der Waals surface area contributed by atoms with Gasteiger partial charge in [0.2, 0.25) is 0 Å². The molecular weight excluding hydrogens is 416 g/mol. The second kappa shape index (κ2) is 11.0. The van der Waals surface area contributed by atoms with Gasteiger partial charge in [-0.1, -0.05) is 12.1 Å². The number of hydrogen-bond acceptors (Lipinski definition) is 7. The fraction of sp³-hybridized carbons (Fsp3) is 0.348. The van der Waals surface area contributed by atoms with E-state index in [2.05, 4.69) is 5.32 Å². The van der Waals surface area contributed by atoms with Crippen LogP contribution in [0.1, 0.15) is 20.3 Å². The summed E-state index contributed by atoms with van der Waals surface area (Å²) < 4.78 is 21.4. The normalized spacial score (nSPS) is 12.4. The number of fused-ring (bicyclic) bond motifs is 1. The Morgan fingerprint density at radius 2 is 1.88 bits per heavy atom. The van der Waals surface area contributed by atoms with Crippen LogP contribution in [0.5, 0.6) is 17.2 Å². The van der Waals surface area contributed by atoms with Crippen LogP contribution < -0.4 is 24.4 Å². The van der Waals surface area contributed by atoms with E-state index in [9.17, 15) is 14.4 Å². The molecule has 0 aliphatic carbocycles. The third-order valence-electron chi connectivity index (χ3n) is 4.55. The van der Waals surface area contributed by atoms with Gasteiger partial charge in [-0.25, -0.2) is 0 Å². The number of rotatable bonds is 10. The number of para-hydroxylation sites is 2. The van der Waals surface area contributed by atoms with E-state index in [-0.39, 0.29) is 25.5 Å². The quantitative estimate of drug-likeness (QED) is 0.564. The number of amides is 2. The van der Waals surface area contributed by atoms with Gasteiger partial charge in [0.05, 0.1) is 31.0 Å². The third kappa shape index (κ3) is 5.90. The highest BCUT2D eigenvalue weighted by molar-refractivity contribution is 5.98. The predicted octanol–water partition coefficient (Wildman–Crippen LogP) is 2.78. The molecule has 32 heavy (non-hydrogen) atoms. The van der Waals surface area contributed by atoms with Crippen LogP contribution in [0.4, 0.5) is 11.4 Å². The number of anilines is 2. The maximum absolute atomic E-state index is 12.3. The number of carbonyl (C=O) groups is 3. The summed E-state index contributed by atoms with van der Waals surface area (Å²) in [6.45, 7) is 4.18. The first kappa shape index (κ1) is 22.9. The van der Waals surface area contributed by atoms with Gasteiger partial charge in [-0.15, -0.1) is 0 Å². The highest BCUT2D eigenvalue weighted by Crippen LogP contribution is 2.31. The number of carbonyl (C=O) groups excluding carboxylic acids is 3. The van der Waals surface area contributed by atoms with E-state index < -0.39 is 18.5 Å². The maximum Gasteiger partial charge on any atom is 0.308 e. The van der Waals surface area contributed by atoms with Crippen LogP contribution in [0.25, 0.3) is 0 Å². The van der Waals surface area contributed by atoms with Crippen molar-refractivity contribution in [2.24, 2.45) is 0 Å². The van der Waals surface area contributed by atoms with E-state index in [1.807, 2.05) is 13.8 Å². The van der Waals surface area contributed by atoms with Crippen LogP contribution >= 0.6 is 0 Å². The predicted molar refractivity (Wildman–Crippen MR) is 117 cm³/mol. The van der Waals surface area contributed by atoms with E-state index >= 15 is 0 Å². The van der Waals surface area contributed by atoms with Crippen molar-refractivity contribution in [1.29, 1.82) is 0 Å².